The van der Waals surface area contributed by atoms with E-state index in [0.717, 1.165) is 10.0 Å². The summed E-state index contributed by atoms with van der Waals surface area (Å²) in [4.78, 5) is 12.6. The minimum Gasteiger partial charge on any atom is -0.480 e. The van der Waals surface area contributed by atoms with E-state index in [1.54, 1.807) is 0 Å². The number of ether oxygens (including phenoxy) is 1. The van der Waals surface area contributed by atoms with E-state index in [-0.39, 0.29) is 12.6 Å². The Hall–Kier alpha value is -0.910. The molecule has 0 radical (unpaired) electrons. The maximum absolute atomic E-state index is 10.7. The van der Waals surface area contributed by atoms with Crippen molar-refractivity contribution in [1.82, 2.24) is 4.90 Å². The average Bonchev–Trinajstić information content (AvgIpc) is 2.28. The third-order valence-corrected chi connectivity index (χ3v) is 3.22. The summed E-state index contributed by atoms with van der Waals surface area (Å²) in [5, 5.41) is 8.78. The summed E-state index contributed by atoms with van der Waals surface area (Å²) in [6.45, 7) is 1.96. The number of rotatable bonds is 3. The molecule has 0 spiro atoms. The number of aliphatic carboxylic acids is 1. The van der Waals surface area contributed by atoms with Gasteiger partial charge in [0.15, 0.2) is 0 Å². The van der Waals surface area contributed by atoms with Crippen LogP contribution in [0.4, 0.5) is 0 Å². The molecule has 1 aliphatic rings. The molecular formula is C12H14BrNO3. The first-order valence-electron chi connectivity index (χ1n) is 5.46. The predicted molar refractivity (Wildman–Crippen MR) is 66.9 cm³/mol. The molecule has 0 saturated carbocycles. The second-order valence-electron chi connectivity index (χ2n) is 4.04. The molecule has 1 saturated heterocycles. The van der Waals surface area contributed by atoms with Crippen molar-refractivity contribution in [3.63, 3.8) is 0 Å². The van der Waals surface area contributed by atoms with Crippen LogP contribution in [0.5, 0.6) is 0 Å². The Bertz CT molecular complexity index is 410. The largest absolute Gasteiger partial charge is 0.480 e. The minimum atomic E-state index is -0.792. The molecule has 0 amide bonds. The van der Waals surface area contributed by atoms with Crippen LogP contribution >= 0.6 is 15.9 Å². The molecule has 1 aromatic rings. The Morgan fingerprint density at radius 3 is 3.12 bits per heavy atom. The first kappa shape index (κ1) is 12.5. The Labute approximate surface area is 108 Å². The number of hydrogen-bond donors (Lipinski definition) is 1. The SMILES string of the molecule is O=C(O)CN1CCO[C@@H](c2cccc(Br)c2)C1. The van der Waals surface area contributed by atoms with E-state index in [1.807, 2.05) is 29.2 Å². The third kappa shape index (κ3) is 3.52. The highest BCUT2D eigenvalue weighted by molar-refractivity contribution is 9.10. The van der Waals surface area contributed by atoms with E-state index in [4.69, 9.17) is 9.84 Å². The molecule has 4 nitrogen and oxygen atoms in total. The summed E-state index contributed by atoms with van der Waals surface area (Å²) in [5.74, 6) is -0.792. The summed E-state index contributed by atoms with van der Waals surface area (Å²) in [7, 11) is 0. The van der Waals surface area contributed by atoms with Crippen LogP contribution in [0.1, 0.15) is 11.7 Å². The van der Waals surface area contributed by atoms with Crippen molar-refractivity contribution in [1.29, 1.82) is 0 Å². The van der Waals surface area contributed by atoms with E-state index in [9.17, 15) is 4.79 Å². The van der Waals surface area contributed by atoms with Crippen LogP contribution in [0.15, 0.2) is 28.7 Å². The zero-order valence-electron chi connectivity index (χ0n) is 9.30. The first-order valence-corrected chi connectivity index (χ1v) is 6.25. The molecule has 0 aromatic heterocycles. The maximum Gasteiger partial charge on any atom is 0.317 e. The van der Waals surface area contributed by atoms with E-state index in [2.05, 4.69) is 15.9 Å². The fourth-order valence-electron chi connectivity index (χ4n) is 1.95. The highest BCUT2D eigenvalue weighted by Gasteiger charge is 2.23. The fraction of sp³-hybridized carbons (Fsp3) is 0.417. The molecule has 2 rings (SSSR count). The second kappa shape index (κ2) is 5.62. The van der Waals surface area contributed by atoms with Gasteiger partial charge in [0.2, 0.25) is 0 Å². The number of morpholine rings is 1. The van der Waals surface area contributed by atoms with Crippen LogP contribution < -0.4 is 0 Å². The van der Waals surface area contributed by atoms with Gasteiger partial charge in [-0.25, -0.2) is 0 Å². The van der Waals surface area contributed by atoms with E-state index in [1.165, 1.54) is 0 Å². The Kier molecular flexibility index (Phi) is 4.15. The molecule has 0 aliphatic carbocycles. The fourth-order valence-corrected chi connectivity index (χ4v) is 2.36. The lowest BCUT2D eigenvalue weighted by atomic mass is 10.1. The summed E-state index contributed by atoms with van der Waals surface area (Å²) in [6.07, 6.45) is -0.0411. The van der Waals surface area contributed by atoms with Crippen LogP contribution in [0.2, 0.25) is 0 Å². The topological polar surface area (TPSA) is 49.8 Å². The quantitative estimate of drug-likeness (QED) is 0.926. The van der Waals surface area contributed by atoms with Crippen LogP contribution in [0, 0.1) is 0 Å². The van der Waals surface area contributed by atoms with Gasteiger partial charge >= 0.3 is 5.97 Å². The smallest absolute Gasteiger partial charge is 0.317 e. The second-order valence-corrected chi connectivity index (χ2v) is 4.96. The molecule has 17 heavy (non-hydrogen) atoms. The third-order valence-electron chi connectivity index (χ3n) is 2.73. The van der Waals surface area contributed by atoms with E-state index in [0.29, 0.717) is 19.7 Å². The minimum absolute atomic E-state index is 0.0411. The monoisotopic (exact) mass is 299 g/mol. The van der Waals surface area contributed by atoms with Gasteiger partial charge in [0.05, 0.1) is 19.3 Å². The zero-order valence-corrected chi connectivity index (χ0v) is 10.9. The summed E-state index contributed by atoms with van der Waals surface area (Å²) in [5.41, 5.74) is 1.08. The lowest BCUT2D eigenvalue weighted by Gasteiger charge is -2.32. The molecule has 1 aliphatic heterocycles. The van der Waals surface area contributed by atoms with Gasteiger partial charge in [0.1, 0.15) is 0 Å². The number of carboxylic acid groups (broad SMARTS) is 1. The van der Waals surface area contributed by atoms with Crippen LogP contribution in [0.3, 0.4) is 0 Å². The first-order chi connectivity index (χ1) is 8.15. The van der Waals surface area contributed by atoms with Crippen LogP contribution in [-0.4, -0.2) is 42.2 Å². The molecule has 0 bridgehead atoms. The molecular weight excluding hydrogens is 286 g/mol. The normalized spacial score (nSPS) is 21.4. The van der Waals surface area contributed by atoms with Gasteiger partial charge in [-0.1, -0.05) is 28.1 Å². The predicted octanol–water partition coefficient (Wildman–Crippen LogP) is 1.91. The Morgan fingerprint density at radius 1 is 1.59 bits per heavy atom. The van der Waals surface area contributed by atoms with Crippen molar-refractivity contribution >= 4 is 21.9 Å². The number of hydrogen-bond acceptors (Lipinski definition) is 3. The molecule has 5 heteroatoms. The number of nitrogens with zero attached hydrogens (tertiary/aromatic N) is 1. The number of halogens is 1. The van der Waals surface area contributed by atoms with Crippen molar-refractivity contribution in [2.45, 2.75) is 6.10 Å². The van der Waals surface area contributed by atoms with Crippen molar-refractivity contribution in [3.05, 3.63) is 34.3 Å². The molecule has 1 fully saturated rings. The Balaban J connectivity index is 2.04. The van der Waals surface area contributed by atoms with Gasteiger partial charge in [-0.05, 0) is 17.7 Å². The standard InChI is InChI=1S/C12H14BrNO3/c13-10-3-1-2-9(6-10)11-7-14(4-5-17-11)8-12(15)16/h1-3,6,11H,4-5,7-8H2,(H,15,16)/t11-/m1/s1. The number of carboxylic acids is 1. The van der Waals surface area contributed by atoms with Gasteiger partial charge in [0.25, 0.3) is 0 Å². The van der Waals surface area contributed by atoms with Gasteiger partial charge in [-0.2, -0.15) is 0 Å². The van der Waals surface area contributed by atoms with Crippen molar-refractivity contribution < 1.29 is 14.6 Å². The molecule has 1 N–H and O–H groups in total. The molecule has 92 valence electrons. The summed E-state index contributed by atoms with van der Waals surface area (Å²) >= 11 is 3.42. The van der Waals surface area contributed by atoms with Gasteiger partial charge < -0.3 is 9.84 Å². The maximum atomic E-state index is 10.7. The van der Waals surface area contributed by atoms with Crippen molar-refractivity contribution in [3.8, 4) is 0 Å². The Morgan fingerprint density at radius 2 is 2.41 bits per heavy atom. The summed E-state index contributed by atoms with van der Waals surface area (Å²) < 4.78 is 6.68. The van der Waals surface area contributed by atoms with Gasteiger partial charge in [0, 0.05) is 17.6 Å². The highest BCUT2D eigenvalue weighted by Crippen LogP contribution is 2.24. The average molecular weight is 300 g/mol. The van der Waals surface area contributed by atoms with Crippen molar-refractivity contribution in [2.24, 2.45) is 0 Å². The lowest BCUT2D eigenvalue weighted by molar-refractivity contribution is -0.140. The van der Waals surface area contributed by atoms with Gasteiger partial charge in [-0.15, -0.1) is 0 Å². The number of carbonyl (C=O) groups is 1. The highest BCUT2D eigenvalue weighted by atomic mass is 79.9. The van der Waals surface area contributed by atoms with Crippen molar-refractivity contribution in [2.75, 3.05) is 26.2 Å². The van der Waals surface area contributed by atoms with Crippen LogP contribution in [0.25, 0.3) is 0 Å². The summed E-state index contributed by atoms with van der Waals surface area (Å²) in [6, 6.07) is 7.93. The van der Waals surface area contributed by atoms with E-state index >= 15 is 0 Å². The lowest BCUT2D eigenvalue weighted by Crippen LogP contribution is -2.41. The van der Waals surface area contributed by atoms with E-state index < -0.39 is 5.97 Å². The zero-order chi connectivity index (χ0) is 12.3. The molecule has 1 atom stereocenters. The van der Waals surface area contributed by atoms with Gasteiger partial charge in [-0.3, -0.25) is 9.69 Å². The molecule has 1 heterocycles. The molecule has 1 aromatic carbocycles. The van der Waals surface area contributed by atoms with Crippen LogP contribution in [-0.2, 0) is 9.53 Å². The number of benzene rings is 1. The molecule has 0 unspecified atom stereocenters.